The second kappa shape index (κ2) is 6.38. The van der Waals surface area contributed by atoms with Crippen LogP contribution in [0, 0.1) is 6.92 Å². The lowest BCUT2D eigenvalue weighted by Gasteiger charge is -2.43. The Morgan fingerprint density at radius 1 is 0.737 bits per heavy atom. The van der Waals surface area contributed by atoms with Crippen LogP contribution in [0.4, 0.5) is 0 Å². The molecule has 1 aliphatic carbocycles. The van der Waals surface area contributed by atoms with Crippen LogP contribution in [0.5, 0.6) is 11.5 Å². The third-order valence-corrected chi connectivity index (χ3v) is 9.94. The van der Waals surface area contributed by atoms with Gasteiger partial charge in [-0.25, -0.2) is 0 Å². The van der Waals surface area contributed by atoms with Gasteiger partial charge in [-0.2, -0.15) is 0 Å². The fourth-order valence-electron chi connectivity index (χ4n) is 8.62. The molecule has 6 atom stereocenters. The molecule has 3 heterocycles. The zero-order valence-corrected chi connectivity index (χ0v) is 21.8. The highest BCUT2D eigenvalue weighted by molar-refractivity contribution is 6.38. The van der Waals surface area contributed by atoms with Crippen LogP contribution in [0.25, 0.3) is 43.1 Å². The molecule has 0 radical (unpaired) electrons. The van der Waals surface area contributed by atoms with E-state index in [1.165, 1.54) is 11.6 Å². The Morgan fingerprint density at radius 2 is 1.42 bits per heavy atom. The van der Waals surface area contributed by atoms with Crippen molar-refractivity contribution in [2.75, 3.05) is 0 Å². The van der Waals surface area contributed by atoms with E-state index in [1.54, 1.807) is 0 Å². The summed E-state index contributed by atoms with van der Waals surface area (Å²) in [7, 11) is 0. The van der Waals surface area contributed by atoms with Crippen LogP contribution < -0.4 is 15.6 Å². The molecule has 38 heavy (non-hydrogen) atoms. The zero-order valence-electron chi connectivity index (χ0n) is 21.8. The number of phenolic OH excluding ortho intramolecular Hbond substituents is 1. The minimum absolute atomic E-state index is 0.00970. The van der Waals surface area contributed by atoms with Crippen molar-refractivity contribution < 1.29 is 19.3 Å². The maximum Gasteiger partial charge on any atom is 0.193 e. The van der Waals surface area contributed by atoms with Gasteiger partial charge in [0.1, 0.15) is 11.5 Å². The second-order valence-corrected chi connectivity index (χ2v) is 11.9. The van der Waals surface area contributed by atoms with Crippen molar-refractivity contribution in [3.05, 3.63) is 66.0 Å². The molecule has 6 heteroatoms. The summed E-state index contributed by atoms with van der Waals surface area (Å²) in [4.78, 5) is 28.0. The van der Waals surface area contributed by atoms with E-state index in [9.17, 15) is 14.7 Å². The Morgan fingerprint density at radius 3 is 2.21 bits per heavy atom. The molecule has 0 fully saturated rings. The minimum Gasteiger partial charge on any atom is -0.507 e. The molecule has 5 aromatic carbocycles. The Bertz CT molecular complexity index is 2050. The number of ether oxygens (including phenoxy) is 3. The third-order valence-electron chi connectivity index (χ3n) is 9.94. The van der Waals surface area contributed by atoms with Crippen molar-refractivity contribution in [3.63, 3.8) is 0 Å². The lowest BCUT2D eigenvalue weighted by Crippen LogP contribution is -2.37. The van der Waals surface area contributed by atoms with Crippen LogP contribution in [0.15, 0.2) is 21.7 Å². The first kappa shape index (κ1) is 21.5. The lowest BCUT2D eigenvalue weighted by molar-refractivity contribution is -0.0713. The molecule has 3 aliphatic heterocycles. The summed E-state index contributed by atoms with van der Waals surface area (Å²) in [6.45, 7) is 9.96. The predicted octanol–water partition coefficient (Wildman–Crippen LogP) is 5.94. The molecule has 0 spiro atoms. The summed E-state index contributed by atoms with van der Waals surface area (Å²) in [6, 6.07) is 3.67. The van der Waals surface area contributed by atoms with Crippen LogP contribution in [0.3, 0.4) is 0 Å². The van der Waals surface area contributed by atoms with Gasteiger partial charge in [0.05, 0.1) is 29.8 Å². The Hall–Kier alpha value is -3.48. The maximum atomic E-state index is 14.3. The monoisotopic (exact) mass is 506 g/mol. The van der Waals surface area contributed by atoms with E-state index in [4.69, 9.17) is 14.2 Å². The van der Waals surface area contributed by atoms with Gasteiger partial charge in [-0.15, -0.1) is 0 Å². The molecule has 6 nitrogen and oxygen atoms in total. The van der Waals surface area contributed by atoms with E-state index < -0.39 is 6.10 Å². The minimum atomic E-state index is -0.480. The molecule has 9 rings (SSSR count). The summed E-state index contributed by atoms with van der Waals surface area (Å²) < 4.78 is 19.1. The average molecular weight is 507 g/mol. The van der Waals surface area contributed by atoms with Crippen LogP contribution in [0.2, 0.25) is 0 Å². The highest BCUT2D eigenvalue weighted by atomic mass is 16.6. The Balaban J connectivity index is 1.71. The molecule has 0 aromatic heterocycles. The summed E-state index contributed by atoms with van der Waals surface area (Å²) in [5, 5.41) is 18.4. The van der Waals surface area contributed by atoms with Gasteiger partial charge in [-0.3, -0.25) is 9.59 Å². The van der Waals surface area contributed by atoms with Gasteiger partial charge in [-0.1, -0.05) is 6.07 Å². The first-order valence-corrected chi connectivity index (χ1v) is 13.6. The fourth-order valence-corrected chi connectivity index (χ4v) is 8.62. The van der Waals surface area contributed by atoms with Crippen LogP contribution >= 0.6 is 0 Å². The van der Waals surface area contributed by atoms with Crippen molar-refractivity contribution in [3.8, 4) is 11.5 Å². The number of phenols is 1. The first-order chi connectivity index (χ1) is 18.2. The second-order valence-electron chi connectivity index (χ2n) is 11.9. The summed E-state index contributed by atoms with van der Waals surface area (Å²) in [6.07, 6.45) is -0.793. The van der Waals surface area contributed by atoms with Crippen molar-refractivity contribution >= 4 is 43.1 Å². The third kappa shape index (κ3) is 2.08. The smallest absolute Gasteiger partial charge is 0.193 e. The van der Waals surface area contributed by atoms with Crippen molar-refractivity contribution in [1.82, 2.24) is 0 Å². The van der Waals surface area contributed by atoms with Crippen molar-refractivity contribution in [1.29, 1.82) is 0 Å². The number of aromatic hydroxyl groups is 1. The van der Waals surface area contributed by atoms with Crippen molar-refractivity contribution in [2.24, 2.45) is 0 Å². The quantitative estimate of drug-likeness (QED) is 0.207. The van der Waals surface area contributed by atoms with Crippen LogP contribution in [-0.2, 0) is 15.9 Å². The molecular weight excluding hydrogens is 480 g/mol. The molecule has 0 amide bonds. The van der Waals surface area contributed by atoms with Gasteiger partial charge in [0.15, 0.2) is 17.0 Å². The largest absolute Gasteiger partial charge is 0.507 e. The summed E-state index contributed by atoms with van der Waals surface area (Å²) in [5.41, 5.74) is 5.19. The van der Waals surface area contributed by atoms with E-state index in [1.807, 2.05) is 27.7 Å². The summed E-state index contributed by atoms with van der Waals surface area (Å²) >= 11 is 0. The first-order valence-electron chi connectivity index (χ1n) is 13.6. The Kier molecular flexibility index (Phi) is 3.60. The van der Waals surface area contributed by atoms with E-state index in [0.29, 0.717) is 22.3 Å². The van der Waals surface area contributed by atoms with Gasteiger partial charge in [0, 0.05) is 55.6 Å². The lowest BCUT2D eigenvalue weighted by atomic mass is 9.69. The van der Waals surface area contributed by atoms with E-state index in [0.717, 1.165) is 60.8 Å². The molecule has 4 aliphatic rings. The van der Waals surface area contributed by atoms with Gasteiger partial charge < -0.3 is 19.3 Å². The van der Waals surface area contributed by atoms with Gasteiger partial charge in [0.2, 0.25) is 0 Å². The number of aryl methyl sites for hydroxylation is 1. The topological polar surface area (TPSA) is 82.1 Å². The van der Waals surface area contributed by atoms with E-state index >= 15 is 0 Å². The molecule has 4 unspecified atom stereocenters. The average Bonchev–Trinajstić information content (AvgIpc) is 2.85. The predicted molar refractivity (Wildman–Crippen MR) is 146 cm³/mol. The molecule has 5 aromatic rings. The van der Waals surface area contributed by atoms with Crippen LogP contribution in [-0.4, -0.2) is 17.3 Å². The van der Waals surface area contributed by atoms with Crippen LogP contribution in [0.1, 0.15) is 85.3 Å². The molecule has 190 valence electrons. The van der Waals surface area contributed by atoms with E-state index in [-0.39, 0.29) is 46.9 Å². The highest BCUT2D eigenvalue weighted by Crippen LogP contribution is 2.60. The number of hydrogen-bond donors (Lipinski definition) is 1. The molecule has 1 N–H and O–H groups in total. The molecule has 0 saturated carbocycles. The maximum absolute atomic E-state index is 14.3. The summed E-state index contributed by atoms with van der Waals surface area (Å²) in [5.74, 6) is 0.571. The van der Waals surface area contributed by atoms with E-state index in [2.05, 4.69) is 13.0 Å². The molecular formula is C32H26O6. The number of rotatable bonds is 0. The Labute approximate surface area is 217 Å². The highest BCUT2D eigenvalue weighted by Gasteiger charge is 2.45. The normalized spacial score (nSPS) is 28.9. The van der Waals surface area contributed by atoms with Gasteiger partial charge in [-0.05, 0) is 68.5 Å². The number of benzene rings is 5. The van der Waals surface area contributed by atoms with Crippen molar-refractivity contribution in [2.45, 2.75) is 77.5 Å². The standard InChI is InChI=1S/C32H26O6/c1-9-6-14-7-15-10(2)36-11(3)19-22(15)26-21(14)25-18(9)30(34)20-12(4)37-13(5)32-29(20)28(25)24-17(38-32)8-16(33)23(27(24)26)31(19)35/h6,8,10-13,15,32,35H,7H2,1-5H3/t10-,11?,12?,13-,15?,32?/m1/s1. The van der Waals surface area contributed by atoms with Gasteiger partial charge >= 0.3 is 0 Å². The SMILES string of the molecule is Cc1cc2c3c4c5c(c(O)c6c(=O)cc7c(c8c9c(c(=O)c1c38)C(C)O[C@H](C)C9O7)c64)C(C)O[C@H](C)C5C2. The molecule has 0 bridgehead atoms. The van der Waals surface area contributed by atoms with Gasteiger partial charge in [0.25, 0.3) is 0 Å². The molecule has 0 saturated heterocycles. The number of hydrogen-bond acceptors (Lipinski definition) is 6. The zero-order chi connectivity index (χ0) is 26.1. The fraction of sp³-hybridized carbons (Fsp3) is 0.375.